The zero-order valence-corrected chi connectivity index (χ0v) is 6.66. The van der Waals surface area contributed by atoms with Crippen molar-refractivity contribution < 1.29 is 24.2 Å². The molecule has 0 saturated carbocycles. The Hall–Kier alpha value is 0.753. The Balaban J connectivity index is 2.49. The van der Waals surface area contributed by atoms with Gasteiger partial charge in [0, 0.05) is 0 Å². The summed E-state index contributed by atoms with van der Waals surface area (Å²) in [6.07, 6.45) is 4.05. The fourth-order valence-corrected chi connectivity index (χ4v) is 0.808. The molecule has 0 saturated heterocycles. The third-order valence-corrected chi connectivity index (χ3v) is 1.41. The molecule has 0 fully saturated rings. The van der Waals surface area contributed by atoms with Gasteiger partial charge in [-0.15, -0.1) is 0 Å². The molecule has 0 atom stereocenters. The van der Waals surface area contributed by atoms with Gasteiger partial charge in [0.2, 0.25) is 0 Å². The molecule has 0 nitrogen and oxygen atoms in total. The van der Waals surface area contributed by atoms with Crippen molar-refractivity contribution in [1.82, 2.24) is 0 Å². The van der Waals surface area contributed by atoms with Crippen LogP contribution in [0.15, 0.2) is 0 Å². The number of hydrogen-bond donors (Lipinski definition) is 0. The summed E-state index contributed by atoms with van der Waals surface area (Å²) in [7, 11) is 0. The van der Waals surface area contributed by atoms with Crippen molar-refractivity contribution in [3.05, 3.63) is 0 Å². The summed E-state index contributed by atoms with van der Waals surface area (Å²) in [5, 5.41) is 0. The summed E-state index contributed by atoms with van der Waals surface area (Å²) in [6.45, 7) is 2.22. The summed E-state index contributed by atoms with van der Waals surface area (Å²) in [4.78, 5) is 0. The first-order chi connectivity index (χ1) is 2.91. The molecule has 0 aromatic heterocycles. The van der Waals surface area contributed by atoms with Gasteiger partial charge in [0.25, 0.3) is 0 Å². The molecule has 0 aliphatic carbocycles. The molecule has 32 valence electrons. The van der Waals surface area contributed by atoms with Crippen LogP contribution in [-0.2, 0) is 24.2 Å². The van der Waals surface area contributed by atoms with Crippen LogP contribution in [0.5, 0.6) is 0 Å². The van der Waals surface area contributed by atoms with Crippen LogP contribution in [-0.4, -0.2) is 3.71 Å². The molecular formula is C5H10Zr+2. The van der Waals surface area contributed by atoms with Gasteiger partial charge in [-0.25, -0.2) is 0 Å². The Morgan fingerprint density at radius 2 is 2.33 bits per heavy atom. The van der Waals surface area contributed by atoms with Crippen molar-refractivity contribution in [3.8, 4) is 0 Å². The number of unbranched alkanes of at least 4 members (excludes halogenated alkanes) is 2. The molecule has 0 aliphatic rings. The van der Waals surface area contributed by atoms with E-state index in [1.807, 2.05) is 0 Å². The quantitative estimate of drug-likeness (QED) is 0.551. The first kappa shape index (κ1) is 6.75. The van der Waals surface area contributed by atoms with E-state index >= 15 is 0 Å². The van der Waals surface area contributed by atoms with E-state index in [1.54, 1.807) is 24.2 Å². The van der Waals surface area contributed by atoms with Crippen molar-refractivity contribution in [2.75, 3.05) is 0 Å². The molecule has 0 rings (SSSR count). The van der Waals surface area contributed by atoms with Gasteiger partial charge in [0.15, 0.2) is 0 Å². The van der Waals surface area contributed by atoms with Gasteiger partial charge in [-0.3, -0.25) is 0 Å². The Morgan fingerprint density at radius 3 is 2.50 bits per heavy atom. The van der Waals surface area contributed by atoms with Gasteiger partial charge in [-0.1, -0.05) is 0 Å². The van der Waals surface area contributed by atoms with Crippen LogP contribution in [0.1, 0.15) is 26.2 Å². The Morgan fingerprint density at radius 1 is 1.67 bits per heavy atom. The van der Waals surface area contributed by atoms with E-state index in [4.69, 9.17) is 0 Å². The van der Waals surface area contributed by atoms with Gasteiger partial charge in [-0.2, -0.15) is 0 Å². The third-order valence-electron chi connectivity index (χ3n) is 0.702. The molecule has 0 amide bonds. The fraction of sp³-hybridized carbons (Fsp3) is 0.800. The average Bonchev–Trinajstić information content (AvgIpc) is 1.61. The second-order valence-corrected chi connectivity index (χ2v) is 2.35. The van der Waals surface area contributed by atoms with Gasteiger partial charge >= 0.3 is 54.1 Å². The van der Waals surface area contributed by atoms with E-state index < -0.39 is 0 Å². The van der Waals surface area contributed by atoms with Crippen LogP contribution in [0.3, 0.4) is 0 Å². The van der Waals surface area contributed by atoms with Crippen molar-refractivity contribution in [2.45, 2.75) is 26.2 Å². The Bertz CT molecular complexity index is 32.9. The molecule has 0 aromatic rings. The van der Waals surface area contributed by atoms with Gasteiger partial charge < -0.3 is 0 Å². The molecule has 6 heavy (non-hydrogen) atoms. The van der Waals surface area contributed by atoms with E-state index in [0.29, 0.717) is 0 Å². The molecule has 1 heteroatoms. The summed E-state index contributed by atoms with van der Waals surface area (Å²) in [5.74, 6) is 0. The molecule has 0 unspecified atom stereocenters. The van der Waals surface area contributed by atoms with Crippen LogP contribution < -0.4 is 0 Å². The summed E-state index contributed by atoms with van der Waals surface area (Å²) in [6, 6.07) is 0. The SMILES string of the molecule is CCCC[CH]=[Zr+2]. The summed E-state index contributed by atoms with van der Waals surface area (Å²) >= 11 is 1.57. The first-order valence-corrected chi connectivity index (χ1v) is 3.82. The molecule has 0 aliphatic heterocycles. The summed E-state index contributed by atoms with van der Waals surface area (Å²) < 4.78 is 2.30. The van der Waals surface area contributed by atoms with Crippen molar-refractivity contribution in [2.24, 2.45) is 0 Å². The number of rotatable bonds is 3. The normalized spacial score (nSPS) is 8.50. The number of hydrogen-bond acceptors (Lipinski definition) is 0. The van der Waals surface area contributed by atoms with Crippen molar-refractivity contribution >= 4 is 3.71 Å². The van der Waals surface area contributed by atoms with Crippen molar-refractivity contribution in [3.63, 3.8) is 0 Å². The molecule has 0 aromatic carbocycles. The maximum absolute atomic E-state index is 2.30. The van der Waals surface area contributed by atoms with E-state index in [0.717, 1.165) is 0 Å². The predicted octanol–water partition coefficient (Wildman–Crippen LogP) is 1.53. The first-order valence-electron chi connectivity index (χ1n) is 2.40. The van der Waals surface area contributed by atoms with Crippen LogP contribution >= 0.6 is 0 Å². The fourth-order valence-electron chi connectivity index (χ4n) is 0.306. The molecule has 0 radical (unpaired) electrons. The third kappa shape index (κ3) is 4.75. The molecule has 0 bridgehead atoms. The minimum atomic E-state index is 1.33. The molecule has 0 N–H and O–H groups in total. The van der Waals surface area contributed by atoms with E-state index in [1.165, 1.54) is 19.3 Å². The second kappa shape index (κ2) is 5.75. The average molecular weight is 161 g/mol. The monoisotopic (exact) mass is 160 g/mol. The zero-order chi connectivity index (χ0) is 4.83. The summed E-state index contributed by atoms with van der Waals surface area (Å²) in [5.41, 5.74) is 0. The topological polar surface area (TPSA) is 0 Å². The molecule has 0 heterocycles. The van der Waals surface area contributed by atoms with Crippen molar-refractivity contribution in [1.29, 1.82) is 0 Å². The standard InChI is InChI=1S/C5H10.Zr/c1-3-5-4-2;/h1H,3-5H2,2H3;/q;+2. The maximum atomic E-state index is 2.30. The predicted molar refractivity (Wildman–Crippen MR) is 25.6 cm³/mol. The second-order valence-electron chi connectivity index (χ2n) is 1.35. The Labute approximate surface area is 54.3 Å². The molecular weight excluding hydrogens is 151 g/mol. The van der Waals surface area contributed by atoms with E-state index in [2.05, 4.69) is 10.6 Å². The molecule has 0 spiro atoms. The zero-order valence-electron chi connectivity index (χ0n) is 4.20. The van der Waals surface area contributed by atoms with E-state index in [9.17, 15) is 0 Å². The van der Waals surface area contributed by atoms with Crippen LogP contribution in [0.2, 0.25) is 0 Å². The van der Waals surface area contributed by atoms with Crippen LogP contribution in [0.4, 0.5) is 0 Å². The van der Waals surface area contributed by atoms with Gasteiger partial charge in [0.05, 0.1) is 0 Å². The minimum absolute atomic E-state index is 1.33. The van der Waals surface area contributed by atoms with Gasteiger partial charge in [0.1, 0.15) is 0 Å². The van der Waals surface area contributed by atoms with E-state index in [-0.39, 0.29) is 0 Å². The van der Waals surface area contributed by atoms with Gasteiger partial charge in [-0.05, 0) is 0 Å². The Kier molecular flexibility index (Phi) is 6.48. The van der Waals surface area contributed by atoms with Crippen LogP contribution in [0, 0.1) is 0 Å². The van der Waals surface area contributed by atoms with Crippen LogP contribution in [0.25, 0.3) is 0 Å².